The summed E-state index contributed by atoms with van der Waals surface area (Å²) in [6.45, 7) is 7.29. The van der Waals surface area contributed by atoms with Gasteiger partial charge in [0.1, 0.15) is 11.5 Å². The number of aliphatic hydroxyl groups excluding tert-OH is 1. The standard InChI is InChI=1S/C15H25NO7S3/c1-3-24(18,19)10-8-14(25(20,21)4-2)6-5-13(17)12-26(22,23)15-7-9-16-11-15/h3-5,14-17H,1-2,6-12H2/b13-5-. The Kier molecular flexibility index (Phi) is 8.05. The highest BCUT2D eigenvalue weighted by Gasteiger charge is 2.30. The molecule has 0 aliphatic carbocycles. The molecule has 2 N–H and O–H groups in total. The Bertz CT molecular complexity index is 849. The van der Waals surface area contributed by atoms with Gasteiger partial charge in [-0.2, -0.15) is 0 Å². The number of rotatable bonds is 11. The van der Waals surface area contributed by atoms with Crippen molar-refractivity contribution in [1.82, 2.24) is 5.32 Å². The van der Waals surface area contributed by atoms with Gasteiger partial charge in [0.15, 0.2) is 29.5 Å². The molecular weight excluding hydrogens is 402 g/mol. The number of hydrogen-bond donors (Lipinski definition) is 2. The maximum atomic E-state index is 12.2. The van der Waals surface area contributed by atoms with E-state index in [4.69, 9.17) is 0 Å². The van der Waals surface area contributed by atoms with Crippen LogP contribution in [0.5, 0.6) is 0 Å². The second-order valence-corrected chi connectivity index (χ2v) is 12.6. The minimum Gasteiger partial charge on any atom is -0.512 e. The van der Waals surface area contributed by atoms with Crippen molar-refractivity contribution >= 4 is 29.5 Å². The molecule has 0 amide bonds. The predicted molar refractivity (Wildman–Crippen MR) is 102 cm³/mol. The quantitative estimate of drug-likeness (QED) is 0.454. The average Bonchev–Trinajstić information content (AvgIpc) is 3.09. The maximum absolute atomic E-state index is 12.2. The van der Waals surface area contributed by atoms with Gasteiger partial charge >= 0.3 is 0 Å². The summed E-state index contributed by atoms with van der Waals surface area (Å²) in [4.78, 5) is 0. The van der Waals surface area contributed by atoms with Gasteiger partial charge in [0, 0.05) is 17.4 Å². The molecule has 2 atom stereocenters. The maximum Gasteiger partial charge on any atom is 0.174 e. The van der Waals surface area contributed by atoms with Crippen molar-refractivity contribution in [2.24, 2.45) is 0 Å². The van der Waals surface area contributed by atoms with E-state index in [1.807, 2.05) is 0 Å². The summed E-state index contributed by atoms with van der Waals surface area (Å²) >= 11 is 0. The molecule has 2 unspecified atom stereocenters. The monoisotopic (exact) mass is 427 g/mol. The van der Waals surface area contributed by atoms with Crippen molar-refractivity contribution in [1.29, 1.82) is 0 Å². The van der Waals surface area contributed by atoms with E-state index in [9.17, 15) is 30.4 Å². The molecule has 0 aromatic rings. The lowest BCUT2D eigenvalue weighted by Crippen LogP contribution is -2.27. The molecule has 1 aliphatic rings. The van der Waals surface area contributed by atoms with Gasteiger partial charge in [-0.25, -0.2) is 25.3 Å². The number of allylic oxidation sites excluding steroid dienone is 1. The molecule has 11 heteroatoms. The number of aliphatic hydroxyl groups is 1. The first-order valence-corrected chi connectivity index (χ1v) is 13.0. The van der Waals surface area contributed by atoms with Gasteiger partial charge in [-0.05, 0) is 31.9 Å². The highest BCUT2D eigenvalue weighted by atomic mass is 32.2. The van der Waals surface area contributed by atoms with Crippen molar-refractivity contribution in [3.8, 4) is 0 Å². The Balaban J connectivity index is 2.85. The molecule has 0 bridgehead atoms. The topological polar surface area (TPSA) is 135 Å². The lowest BCUT2D eigenvalue weighted by molar-refractivity contribution is 0.409. The molecule has 0 spiro atoms. The number of hydrogen-bond acceptors (Lipinski definition) is 8. The Morgan fingerprint density at radius 2 is 1.81 bits per heavy atom. The van der Waals surface area contributed by atoms with Crippen molar-refractivity contribution in [3.63, 3.8) is 0 Å². The third-order valence-corrected chi connectivity index (χ3v) is 9.41. The van der Waals surface area contributed by atoms with Gasteiger partial charge in [-0.15, -0.1) is 0 Å². The van der Waals surface area contributed by atoms with Gasteiger partial charge in [0.05, 0.1) is 16.3 Å². The molecule has 0 aromatic heterocycles. The number of sulfone groups is 3. The van der Waals surface area contributed by atoms with Crippen LogP contribution in [0.15, 0.2) is 35.8 Å². The Morgan fingerprint density at radius 1 is 1.15 bits per heavy atom. The van der Waals surface area contributed by atoms with Crippen LogP contribution in [-0.2, 0) is 29.5 Å². The lowest BCUT2D eigenvalue weighted by Gasteiger charge is -2.14. The lowest BCUT2D eigenvalue weighted by atomic mass is 10.2. The van der Waals surface area contributed by atoms with Crippen LogP contribution < -0.4 is 5.32 Å². The summed E-state index contributed by atoms with van der Waals surface area (Å²) in [6.07, 6.45) is 1.14. The zero-order valence-electron chi connectivity index (χ0n) is 14.4. The van der Waals surface area contributed by atoms with E-state index in [1.54, 1.807) is 0 Å². The molecule has 0 aromatic carbocycles. The molecular formula is C15H25NO7S3. The molecule has 26 heavy (non-hydrogen) atoms. The minimum absolute atomic E-state index is 0.216. The van der Waals surface area contributed by atoms with E-state index >= 15 is 0 Å². The summed E-state index contributed by atoms with van der Waals surface area (Å²) in [5, 5.41) is 12.6. The Labute approximate surface area is 155 Å². The summed E-state index contributed by atoms with van der Waals surface area (Å²) in [5.74, 6) is -1.45. The molecule has 1 fully saturated rings. The van der Waals surface area contributed by atoms with Gasteiger partial charge < -0.3 is 10.4 Å². The second-order valence-electron chi connectivity index (χ2n) is 6.05. The molecule has 1 aliphatic heterocycles. The van der Waals surface area contributed by atoms with Crippen molar-refractivity contribution < 1.29 is 30.4 Å². The fourth-order valence-electron chi connectivity index (χ4n) is 2.52. The molecule has 0 saturated carbocycles. The van der Waals surface area contributed by atoms with Gasteiger partial charge in [0.25, 0.3) is 0 Å². The van der Waals surface area contributed by atoms with Crippen LogP contribution in [-0.4, -0.2) is 65.5 Å². The van der Waals surface area contributed by atoms with Crippen LogP contribution in [0.1, 0.15) is 19.3 Å². The largest absolute Gasteiger partial charge is 0.512 e. The molecule has 1 heterocycles. The van der Waals surface area contributed by atoms with Crippen LogP contribution in [0, 0.1) is 0 Å². The highest BCUT2D eigenvalue weighted by molar-refractivity contribution is 7.95. The SMILES string of the molecule is C=CS(=O)(=O)CCC(C/C=C(\O)CS(=O)(=O)C1CCNC1)S(=O)(=O)C=C. The zero-order chi connectivity index (χ0) is 20.0. The molecule has 1 saturated heterocycles. The second kappa shape index (κ2) is 9.16. The van der Waals surface area contributed by atoms with Crippen LogP contribution in [0.4, 0.5) is 0 Å². The summed E-state index contributed by atoms with van der Waals surface area (Å²) in [7, 11) is -10.9. The van der Waals surface area contributed by atoms with Crippen molar-refractivity contribution in [2.75, 3.05) is 24.6 Å². The summed E-state index contributed by atoms with van der Waals surface area (Å²) in [5.41, 5.74) is 0. The first kappa shape index (κ1) is 22.9. The van der Waals surface area contributed by atoms with E-state index < -0.39 is 57.3 Å². The average molecular weight is 428 g/mol. The first-order valence-electron chi connectivity index (χ1n) is 7.95. The van der Waals surface area contributed by atoms with E-state index in [1.165, 1.54) is 0 Å². The summed E-state index contributed by atoms with van der Waals surface area (Å²) in [6, 6.07) is 0. The van der Waals surface area contributed by atoms with Crippen LogP contribution >= 0.6 is 0 Å². The number of nitrogens with one attached hydrogen (secondary N) is 1. The van der Waals surface area contributed by atoms with Gasteiger partial charge in [-0.3, -0.25) is 0 Å². The third-order valence-electron chi connectivity index (χ3n) is 4.16. The van der Waals surface area contributed by atoms with E-state index in [0.29, 0.717) is 19.5 Å². The zero-order valence-corrected chi connectivity index (χ0v) is 16.8. The van der Waals surface area contributed by atoms with E-state index in [-0.39, 0.29) is 12.8 Å². The van der Waals surface area contributed by atoms with Crippen LogP contribution in [0.25, 0.3) is 0 Å². The van der Waals surface area contributed by atoms with Gasteiger partial charge in [0.2, 0.25) is 0 Å². The highest BCUT2D eigenvalue weighted by Crippen LogP contribution is 2.18. The fourth-order valence-corrected chi connectivity index (χ4v) is 6.14. The van der Waals surface area contributed by atoms with E-state index in [2.05, 4.69) is 18.5 Å². The van der Waals surface area contributed by atoms with E-state index in [0.717, 1.165) is 16.9 Å². The molecule has 1 rings (SSSR count). The van der Waals surface area contributed by atoms with Crippen molar-refractivity contribution in [2.45, 2.75) is 29.8 Å². The fraction of sp³-hybridized carbons (Fsp3) is 0.600. The molecule has 150 valence electrons. The Hall–Kier alpha value is -1.17. The van der Waals surface area contributed by atoms with Crippen LogP contribution in [0.2, 0.25) is 0 Å². The third kappa shape index (κ3) is 6.86. The van der Waals surface area contributed by atoms with Crippen LogP contribution in [0.3, 0.4) is 0 Å². The van der Waals surface area contributed by atoms with Gasteiger partial charge in [-0.1, -0.05) is 13.2 Å². The predicted octanol–water partition coefficient (Wildman–Crippen LogP) is 0.470. The summed E-state index contributed by atoms with van der Waals surface area (Å²) < 4.78 is 71.4. The normalized spacial score (nSPS) is 20.6. The first-order chi connectivity index (χ1) is 11.9. The minimum atomic E-state index is -3.80. The smallest absolute Gasteiger partial charge is 0.174 e. The molecule has 0 radical (unpaired) electrons. The van der Waals surface area contributed by atoms with Crippen molar-refractivity contribution in [3.05, 3.63) is 35.8 Å². The molecule has 8 nitrogen and oxygen atoms in total. The Morgan fingerprint density at radius 3 is 2.31 bits per heavy atom.